The van der Waals surface area contributed by atoms with E-state index in [2.05, 4.69) is 71.5 Å². The Morgan fingerprint density at radius 2 is 1.60 bits per heavy atom. The number of aryl methyl sites for hydroxylation is 2. The van der Waals surface area contributed by atoms with Crippen LogP contribution in [-0.4, -0.2) is 23.9 Å². The van der Waals surface area contributed by atoms with Crippen molar-refractivity contribution >= 4 is 11.6 Å². The average Bonchev–Trinajstić information content (AvgIpc) is 3.06. The molecule has 1 aliphatic rings. The molecule has 0 amide bonds. The zero-order valence-corrected chi connectivity index (χ0v) is 15.3. The Hall–Kier alpha value is -2.33. The fourth-order valence-electron chi connectivity index (χ4n) is 3.36. The molecule has 1 fully saturated rings. The van der Waals surface area contributed by atoms with E-state index in [-0.39, 0.29) is 0 Å². The summed E-state index contributed by atoms with van der Waals surface area (Å²) in [6.07, 6.45) is 2.67. The van der Waals surface area contributed by atoms with Crippen LogP contribution in [0.1, 0.15) is 35.1 Å². The minimum atomic E-state index is 0.450. The predicted octanol–water partition coefficient (Wildman–Crippen LogP) is 3.83. The fraction of sp³-hybridized carbons (Fsp3) is 0.381. The molecule has 0 unspecified atom stereocenters. The highest BCUT2D eigenvalue weighted by Gasteiger charge is 2.11. The van der Waals surface area contributed by atoms with Gasteiger partial charge < -0.3 is 11.1 Å². The summed E-state index contributed by atoms with van der Waals surface area (Å²) < 4.78 is 0. The van der Waals surface area contributed by atoms with Crippen molar-refractivity contribution in [3.8, 4) is 0 Å². The zero-order valence-electron chi connectivity index (χ0n) is 15.3. The minimum absolute atomic E-state index is 0.450. The summed E-state index contributed by atoms with van der Waals surface area (Å²) >= 11 is 0. The Morgan fingerprint density at radius 1 is 1.00 bits per heavy atom. The fourth-order valence-corrected chi connectivity index (χ4v) is 3.36. The molecule has 3 N–H and O–H groups in total. The third-order valence-corrected chi connectivity index (χ3v) is 4.55. The SMILES string of the molecule is Cc1cc(C)cc(NC(N)=NCc2ccc(CN3CCCC3)cc2)c1. The van der Waals surface area contributed by atoms with E-state index in [1.54, 1.807) is 0 Å². The minimum Gasteiger partial charge on any atom is -0.370 e. The number of benzene rings is 2. The zero-order chi connectivity index (χ0) is 17.6. The van der Waals surface area contributed by atoms with Crippen molar-refractivity contribution < 1.29 is 0 Å². The molecule has 0 aromatic heterocycles. The smallest absolute Gasteiger partial charge is 0.193 e. The predicted molar refractivity (Wildman–Crippen MR) is 106 cm³/mol. The molecule has 3 rings (SSSR count). The van der Waals surface area contributed by atoms with Crippen molar-refractivity contribution in [2.75, 3.05) is 18.4 Å². The van der Waals surface area contributed by atoms with Gasteiger partial charge in [0.1, 0.15) is 0 Å². The number of guanidine groups is 1. The van der Waals surface area contributed by atoms with Gasteiger partial charge in [-0.2, -0.15) is 0 Å². The third kappa shape index (κ3) is 5.33. The average molecular weight is 336 g/mol. The number of aliphatic imine (C=N–C) groups is 1. The molecule has 2 aromatic rings. The number of hydrogen-bond donors (Lipinski definition) is 2. The topological polar surface area (TPSA) is 53.6 Å². The van der Waals surface area contributed by atoms with Crippen molar-refractivity contribution in [1.82, 2.24) is 4.90 Å². The highest BCUT2D eigenvalue weighted by Crippen LogP contribution is 2.15. The molecule has 0 radical (unpaired) electrons. The molecule has 0 bridgehead atoms. The van der Waals surface area contributed by atoms with Crippen LogP contribution in [0, 0.1) is 13.8 Å². The molecule has 0 aliphatic carbocycles. The molecule has 25 heavy (non-hydrogen) atoms. The first-order valence-corrected chi connectivity index (χ1v) is 9.04. The van der Waals surface area contributed by atoms with Gasteiger partial charge in [0, 0.05) is 12.2 Å². The molecule has 0 atom stereocenters. The second-order valence-electron chi connectivity index (χ2n) is 7.00. The molecular formula is C21H28N4. The number of hydrogen-bond acceptors (Lipinski definition) is 2. The van der Waals surface area contributed by atoms with Gasteiger partial charge >= 0.3 is 0 Å². The summed E-state index contributed by atoms with van der Waals surface area (Å²) in [6, 6.07) is 15.0. The Labute approximate surface area is 150 Å². The maximum atomic E-state index is 6.02. The van der Waals surface area contributed by atoms with Crippen molar-refractivity contribution in [1.29, 1.82) is 0 Å². The standard InChI is InChI=1S/C21H28N4/c1-16-11-17(2)13-20(12-16)24-21(22)23-14-18-5-7-19(8-6-18)15-25-9-3-4-10-25/h5-8,11-13H,3-4,9-10,14-15H2,1-2H3,(H3,22,23,24). The first-order valence-electron chi connectivity index (χ1n) is 9.04. The summed E-state index contributed by atoms with van der Waals surface area (Å²) in [4.78, 5) is 6.97. The van der Waals surface area contributed by atoms with Gasteiger partial charge in [0.2, 0.25) is 0 Å². The normalized spacial score (nSPS) is 15.5. The first-order chi connectivity index (χ1) is 12.1. The Kier molecular flexibility index (Phi) is 5.71. The largest absolute Gasteiger partial charge is 0.370 e. The number of likely N-dealkylation sites (tertiary alicyclic amines) is 1. The van der Waals surface area contributed by atoms with Crippen molar-refractivity contribution in [2.24, 2.45) is 10.7 Å². The Balaban J connectivity index is 1.55. The summed E-state index contributed by atoms with van der Waals surface area (Å²) in [5.41, 5.74) is 12.0. The molecule has 1 saturated heterocycles. The van der Waals surface area contributed by atoms with Crippen LogP contribution in [-0.2, 0) is 13.1 Å². The molecule has 1 aliphatic heterocycles. The van der Waals surface area contributed by atoms with Crippen molar-refractivity contribution in [2.45, 2.75) is 39.8 Å². The van der Waals surface area contributed by atoms with Gasteiger partial charge in [0.15, 0.2) is 5.96 Å². The summed E-state index contributed by atoms with van der Waals surface area (Å²) in [7, 11) is 0. The van der Waals surface area contributed by atoms with E-state index in [9.17, 15) is 0 Å². The molecule has 1 heterocycles. The first kappa shape index (κ1) is 17.5. The van der Waals surface area contributed by atoms with Gasteiger partial charge in [-0.05, 0) is 74.2 Å². The van der Waals surface area contributed by atoms with Gasteiger partial charge in [0.25, 0.3) is 0 Å². The molecule has 0 saturated carbocycles. The quantitative estimate of drug-likeness (QED) is 0.644. The number of nitrogens with one attached hydrogen (secondary N) is 1. The lowest BCUT2D eigenvalue weighted by atomic mass is 10.1. The van der Waals surface area contributed by atoms with Crippen LogP contribution in [0.15, 0.2) is 47.5 Å². The van der Waals surface area contributed by atoms with Crippen LogP contribution in [0.5, 0.6) is 0 Å². The summed E-state index contributed by atoms with van der Waals surface area (Å²) in [6.45, 7) is 8.26. The maximum absolute atomic E-state index is 6.02. The van der Waals surface area contributed by atoms with Crippen LogP contribution in [0.3, 0.4) is 0 Å². The lowest BCUT2D eigenvalue weighted by Crippen LogP contribution is -2.22. The van der Waals surface area contributed by atoms with Gasteiger partial charge in [-0.15, -0.1) is 0 Å². The number of nitrogens with two attached hydrogens (primary N) is 1. The van der Waals surface area contributed by atoms with Gasteiger partial charge in [0.05, 0.1) is 6.54 Å². The summed E-state index contributed by atoms with van der Waals surface area (Å²) in [5, 5.41) is 3.17. The second-order valence-corrected chi connectivity index (χ2v) is 7.00. The number of anilines is 1. The molecule has 4 nitrogen and oxygen atoms in total. The van der Waals surface area contributed by atoms with E-state index >= 15 is 0 Å². The highest BCUT2D eigenvalue weighted by atomic mass is 15.1. The van der Waals surface area contributed by atoms with E-state index in [0.29, 0.717) is 12.5 Å². The maximum Gasteiger partial charge on any atom is 0.193 e. The van der Waals surface area contributed by atoms with Crippen LogP contribution in [0.2, 0.25) is 0 Å². The lowest BCUT2D eigenvalue weighted by molar-refractivity contribution is 0.331. The van der Waals surface area contributed by atoms with Crippen LogP contribution >= 0.6 is 0 Å². The number of rotatable bonds is 5. The van der Waals surface area contributed by atoms with Gasteiger partial charge in [-0.1, -0.05) is 30.3 Å². The van der Waals surface area contributed by atoms with E-state index in [4.69, 9.17) is 5.73 Å². The van der Waals surface area contributed by atoms with E-state index < -0.39 is 0 Å². The highest BCUT2D eigenvalue weighted by molar-refractivity contribution is 5.92. The molecule has 0 spiro atoms. The molecular weight excluding hydrogens is 308 g/mol. The van der Waals surface area contributed by atoms with Crippen LogP contribution in [0.25, 0.3) is 0 Å². The number of nitrogens with zero attached hydrogens (tertiary/aromatic N) is 2. The molecule has 2 aromatic carbocycles. The van der Waals surface area contributed by atoms with E-state index in [0.717, 1.165) is 12.2 Å². The molecule has 4 heteroatoms. The Morgan fingerprint density at radius 3 is 2.24 bits per heavy atom. The van der Waals surface area contributed by atoms with Crippen LogP contribution in [0.4, 0.5) is 5.69 Å². The third-order valence-electron chi connectivity index (χ3n) is 4.55. The van der Waals surface area contributed by atoms with Gasteiger partial charge in [-0.3, -0.25) is 4.90 Å². The molecule has 132 valence electrons. The van der Waals surface area contributed by atoms with E-state index in [1.165, 1.54) is 48.2 Å². The second kappa shape index (κ2) is 8.17. The van der Waals surface area contributed by atoms with Crippen molar-refractivity contribution in [3.63, 3.8) is 0 Å². The Bertz CT molecular complexity index is 708. The summed E-state index contributed by atoms with van der Waals surface area (Å²) in [5.74, 6) is 0.450. The van der Waals surface area contributed by atoms with E-state index in [1.807, 2.05) is 0 Å². The lowest BCUT2D eigenvalue weighted by Gasteiger charge is -2.14. The van der Waals surface area contributed by atoms with Crippen molar-refractivity contribution in [3.05, 3.63) is 64.7 Å². The van der Waals surface area contributed by atoms with Gasteiger partial charge in [-0.25, -0.2) is 4.99 Å². The monoisotopic (exact) mass is 336 g/mol. The van der Waals surface area contributed by atoms with Crippen LogP contribution < -0.4 is 11.1 Å².